The zero-order chi connectivity index (χ0) is 13.3. The second kappa shape index (κ2) is 5.14. The molecule has 18 heavy (non-hydrogen) atoms. The number of nitrogens with zero attached hydrogens (tertiary/aromatic N) is 1. The first-order chi connectivity index (χ1) is 8.49. The van der Waals surface area contributed by atoms with Gasteiger partial charge < -0.3 is 10.0 Å². The summed E-state index contributed by atoms with van der Waals surface area (Å²) in [6.45, 7) is 3.05. The van der Waals surface area contributed by atoms with E-state index in [2.05, 4.69) is 0 Å². The summed E-state index contributed by atoms with van der Waals surface area (Å²) in [7, 11) is 0. The van der Waals surface area contributed by atoms with Crippen molar-refractivity contribution in [3.63, 3.8) is 0 Å². The number of amides is 1. The van der Waals surface area contributed by atoms with Gasteiger partial charge in [-0.25, -0.2) is 4.39 Å². The zero-order valence-corrected chi connectivity index (χ0v) is 10.8. The summed E-state index contributed by atoms with van der Waals surface area (Å²) < 4.78 is 13.6. The fourth-order valence-corrected chi connectivity index (χ4v) is 2.33. The number of likely N-dealkylation sites (tertiary alicyclic amines) is 1. The Balaban J connectivity index is 2.16. The monoisotopic (exact) mass is 271 g/mol. The minimum Gasteiger partial charge on any atom is -0.508 e. The van der Waals surface area contributed by atoms with E-state index >= 15 is 0 Å². The number of halogens is 2. The molecule has 1 aromatic carbocycles. The summed E-state index contributed by atoms with van der Waals surface area (Å²) in [5.74, 6) is -1.02. The quantitative estimate of drug-likeness (QED) is 0.798. The topological polar surface area (TPSA) is 40.5 Å². The Morgan fingerprint density at radius 1 is 1.56 bits per heavy atom. The van der Waals surface area contributed by atoms with Crippen LogP contribution in [-0.2, 0) is 0 Å². The fraction of sp³-hybridized carbons (Fsp3) is 0.462. The number of benzene rings is 1. The van der Waals surface area contributed by atoms with E-state index in [1.807, 2.05) is 6.92 Å². The van der Waals surface area contributed by atoms with Crippen molar-refractivity contribution in [3.05, 3.63) is 29.6 Å². The average molecular weight is 272 g/mol. The van der Waals surface area contributed by atoms with Gasteiger partial charge in [0.2, 0.25) is 0 Å². The molecule has 2 rings (SSSR count). The molecule has 1 aliphatic rings. The van der Waals surface area contributed by atoms with Gasteiger partial charge >= 0.3 is 0 Å². The van der Waals surface area contributed by atoms with Crippen LogP contribution in [0.4, 0.5) is 4.39 Å². The number of phenols is 1. The molecule has 2 unspecified atom stereocenters. The molecule has 1 heterocycles. The Bertz CT molecular complexity index is 466. The molecule has 1 fully saturated rings. The van der Waals surface area contributed by atoms with Crippen LogP contribution in [0.1, 0.15) is 23.7 Å². The molecule has 1 saturated heterocycles. The number of phenolic OH excluding ortho intramolecular Hbond substituents is 1. The van der Waals surface area contributed by atoms with E-state index in [-0.39, 0.29) is 28.5 Å². The molecule has 2 atom stereocenters. The summed E-state index contributed by atoms with van der Waals surface area (Å²) in [5, 5.41) is 9.19. The van der Waals surface area contributed by atoms with Crippen LogP contribution < -0.4 is 0 Å². The third-order valence-corrected chi connectivity index (χ3v) is 3.92. The number of hydrogen-bond acceptors (Lipinski definition) is 2. The average Bonchev–Trinajstić information content (AvgIpc) is 2.32. The second-order valence-corrected chi connectivity index (χ2v) is 5.26. The fourth-order valence-electron chi connectivity index (χ4n) is 2.15. The van der Waals surface area contributed by atoms with Gasteiger partial charge in [-0.1, -0.05) is 6.92 Å². The number of rotatable bonds is 1. The van der Waals surface area contributed by atoms with Crippen molar-refractivity contribution >= 4 is 17.5 Å². The predicted molar refractivity (Wildman–Crippen MR) is 67.4 cm³/mol. The van der Waals surface area contributed by atoms with E-state index < -0.39 is 5.82 Å². The Hall–Kier alpha value is -1.29. The van der Waals surface area contributed by atoms with Gasteiger partial charge in [0, 0.05) is 24.5 Å². The van der Waals surface area contributed by atoms with E-state index in [4.69, 9.17) is 16.7 Å². The van der Waals surface area contributed by atoms with Crippen molar-refractivity contribution in [2.24, 2.45) is 5.92 Å². The highest BCUT2D eigenvalue weighted by Crippen LogP contribution is 2.24. The molecule has 1 aliphatic heterocycles. The number of hydrogen-bond donors (Lipinski definition) is 1. The molecule has 0 spiro atoms. The predicted octanol–water partition coefficient (Wildman–Crippen LogP) is 2.62. The first-order valence-corrected chi connectivity index (χ1v) is 6.34. The van der Waals surface area contributed by atoms with Gasteiger partial charge in [-0.05, 0) is 24.5 Å². The maximum atomic E-state index is 13.6. The lowest BCUT2D eigenvalue weighted by atomic mass is 9.99. The Morgan fingerprint density at radius 2 is 2.28 bits per heavy atom. The third kappa shape index (κ3) is 2.58. The van der Waals surface area contributed by atoms with Crippen molar-refractivity contribution < 1.29 is 14.3 Å². The van der Waals surface area contributed by atoms with Crippen LogP contribution in [0.25, 0.3) is 0 Å². The molecule has 0 aliphatic carbocycles. The molecule has 5 heteroatoms. The summed E-state index contributed by atoms with van der Waals surface area (Å²) in [6.07, 6.45) is 0.716. The van der Waals surface area contributed by atoms with Gasteiger partial charge in [-0.15, -0.1) is 11.6 Å². The van der Waals surface area contributed by atoms with Crippen molar-refractivity contribution in [2.75, 3.05) is 13.1 Å². The molecule has 0 saturated carbocycles. The lowest BCUT2D eigenvalue weighted by Crippen LogP contribution is -2.43. The summed E-state index contributed by atoms with van der Waals surface area (Å²) in [5.41, 5.74) is -0.00646. The molecule has 0 bridgehead atoms. The highest BCUT2D eigenvalue weighted by atomic mass is 35.5. The summed E-state index contributed by atoms with van der Waals surface area (Å²) in [4.78, 5) is 13.8. The standard InChI is InChI=1S/C13H15ClFNO2/c1-8-7-16(5-4-11(8)14)13(18)10-3-2-9(17)6-12(10)15/h2-3,6,8,11,17H,4-5,7H2,1H3. The van der Waals surface area contributed by atoms with E-state index in [1.54, 1.807) is 4.90 Å². The van der Waals surface area contributed by atoms with Crippen molar-refractivity contribution in [1.29, 1.82) is 0 Å². The lowest BCUT2D eigenvalue weighted by molar-refractivity contribution is 0.0682. The van der Waals surface area contributed by atoms with E-state index in [1.165, 1.54) is 12.1 Å². The number of alkyl halides is 1. The van der Waals surface area contributed by atoms with E-state index in [0.29, 0.717) is 19.5 Å². The largest absolute Gasteiger partial charge is 0.508 e. The minimum absolute atomic E-state index is 0.00646. The molecular formula is C13H15ClFNO2. The van der Waals surface area contributed by atoms with Crippen LogP contribution in [0, 0.1) is 11.7 Å². The molecule has 1 aromatic rings. The first-order valence-electron chi connectivity index (χ1n) is 5.91. The number of carbonyl (C=O) groups excluding carboxylic acids is 1. The highest BCUT2D eigenvalue weighted by Gasteiger charge is 2.28. The van der Waals surface area contributed by atoms with Crippen LogP contribution in [0.3, 0.4) is 0 Å². The smallest absolute Gasteiger partial charge is 0.256 e. The Labute approximate surface area is 110 Å². The number of aromatic hydroxyl groups is 1. The lowest BCUT2D eigenvalue weighted by Gasteiger charge is -2.34. The van der Waals surface area contributed by atoms with Crippen LogP contribution >= 0.6 is 11.6 Å². The van der Waals surface area contributed by atoms with Crippen LogP contribution in [0.2, 0.25) is 0 Å². The SMILES string of the molecule is CC1CN(C(=O)c2ccc(O)cc2F)CCC1Cl. The molecule has 0 radical (unpaired) electrons. The molecule has 98 valence electrons. The molecular weight excluding hydrogens is 257 g/mol. The second-order valence-electron chi connectivity index (χ2n) is 4.70. The van der Waals surface area contributed by atoms with Gasteiger partial charge in [0.1, 0.15) is 11.6 Å². The van der Waals surface area contributed by atoms with E-state index in [9.17, 15) is 9.18 Å². The van der Waals surface area contributed by atoms with Crippen LogP contribution in [0.15, 0.2) is 18.2 Å². The van der Waals surface area contributed by atoms with Crippen LogP contribution in [-0.4, -0.2) is 34.4 Å². The van der Waals surface area contributed by atoms with Crippen LogP contribution in [0.5, 0.6) is 5.75 Å². The van der Waals surface area contributed by atoms with E-state index in [0.717, 1.165) is 6.07 Å². The van der Waals surface area contributed by atoms with Gasteiger partial charge in [0.25, 0.3) is 5.91 Å². The van der Waals surface area contributed by atoms with Gasteiger partial charge in [0.05, 0.1) is 5.56 Å². The Kier molecular flexibility index (Phi) is 3.76. The van der Waals surface area contributed by atoms with Crippen molar-refractivity contribution in [2.45, 2.75) is 18.7 Å². The van der Waals surface area contributed by atoms with Gasteiger partial charge in [-0.3, -0.25) is 4.79 Å². The normalized spacial score (nSPS) is 24.1. The third-order valence-electron chi connectivity index (χ3n) is 3.27. The highest BCUT2D eigenvalue weighted by molar-refractivity contribution is 6.20. The van der Waals surface area contributed by atoms with Gasteiger partial charge in [-0.2, -0.15) is 0 Å². The van der Waals surface area contributed by atoms with Crippen molar-refractivity contribution in [1.82, 2.24) is 4.90 Å². The number of piperidine rings is 1. The first kappa shape index (κ1) is 13.1. The molecule has 3 nitrogen and oxygen atoms in total. The maximum absolute atomic E-state index is 13.6. The molecule has 1 N–H and O–H groups in total. The zero-order valence-electron chi connectivity index (χ0n) is 10.1. The summed E-state index contributed by atoms with van der Waals surface area (Å²) >= 11 is 6.09. The van der Waals surface area contributed by atoms with Gasteiger partial charge in [0.15, 0.2) is 0 Å². The van der Waals surface area contributed by atoms with Crippen molar-refractivity contribution in [3.8, 4) is 5.75 Å². The molecule has 0 aromatic heterocycles. The maximum Gasteiger partial charge on any atom is 0.256 e. The minimum atomic E-state index is -0.694. The number of carbonyl (C=O) groups is 1. The Morgan fingerprint density at radius 3 is 2.89 bits per heavy atom. The summed E-state index contributed by atoms with van der Waals surface area (Å²) in [6, 6.07) is 3.57. The molecule has 1 amide bonds.